The Labute approximate surface area is 236 Å². The van der Waals surface area contributed by atoms with E-state index in [1.165, 1.54) is 29.8 Å². The highest BCUT2D eigenvalue weighted by Gasteiger charge is 2.40. The molecule has 6 rings (SSSR count). The van der Waals surface area contributed by atoms with Gasteiger partial charge in [0.05, 0.1) is 39.9 Å². The van der Waals surface area contributed by atoms with Gasteiger partial charge in [-0.25, -0.2) is 28.4 Å². The average molecular weight is 598 g/mol. The second-order valence-electron chi connectivity index (χ2n) is 8.92. The number of imidazole rings is 1. The van der Waals surface area contributed by atoms with Crippen molar-refractivity contribution < 1.29 is 31.5 Å². The van der Waals surface area contributed by atoms with Crippen LogP contribution in [-0.2, 0) is 13.2 Å². The molecular formula is C27H16F5N7O2S. The van der Waals surface area contributed by atoms with E-state index in [1.807, 2.05) is 13.2 Å². The molecule has 0 saturated carbocycles. The number of benzene rings is 2. The SMILES string of the molecule is Cn1cnc(-c2cc3ncnc(Oc4ccc(NC(=O)c5cnn(-c6ccc(F)cc6)c5C(F)(F)F)cc4F)c3s2)c1. The molecule has 9 nitrogen and oxygen atoms in total. The molecule has 0 atom stereocenters. The zero-order valence-corrected chi connectivity index (χ0v) is 22.0. The number of nitrogens with zero attached hydrogens (tertiary/aromatic N) is 6. The Kier molecular flexibility index (Phi) is 6.65. The highest BCUT2D eigenvalue weighted by Crippen LogP contribution is 2.38. The molecule has 1 amide bonds. The molecule has 2 aromatic carbocycles. The van der Waals surface area contributed by atoms with Crippen molar-refractivity contribution in [1.82, 2.24) is 29.3 Å². The maximum absolute atomic E-state index is 15.0. The highest BCUT2D eigenvalue weighted by atomic mass is 32.1. The number of carbonyl (C=O) groups excluding carboxylic acids is 1. The van der Waals surface area contributed by atoms with Gasteiger partial charge in [0.1, 0.15) is 16.8 Å². The first-order chi connectivity index (χ1) is 20.1. The molecule has 0 bridgehead atoms. The third kappa shape index (κ3) is 5.16. The number of hydrogen-bond acceptors (Lipinski definition) is 7. The van der Waals surface area contributed by atoms with Crippen LogP contribution < -0.4 is 10.1 Å². The first-order valence-electron chi connectivity index (χ1n) is 12.0. The van der Waals surface area contributed by atoms with Crippen LogP contribution in [0.5, 0.6) is 11.6 Å². The number of rotatable bonds is 6. The van der Waals surface area contributed by atoms with Crippen LogP contribution in [0.2, 0.25) is 0 Å². The molecule has 0 aliphatic rings. The molecule has 0 unspecified atom stereocenters. The van der Waals surface area contributed by atoms with Gasteiger partial charge in [-0.2, -0.15) is 18.3 Å². The molecule has 0 aliphatic carbocycles. The van der Waals surface area contributed by atoms with E-state index in [1.54, 1.807) is 17.0 Å². The van der Waals surface area contributed by atoms with Gasteiger partial charge >= 0.3 is 6.18 Å². The van der Waals surface area contributed by atoms with E-state index in [0.717, 1.165) is 47.1 Å². The molecule has 15 heteroatoms. The summed E-state index contributed by atoms with van der Waals surface area (Å²) in [7, 11) is 1.84. The summed E-state index contributed by atoms with van der Waals surface area (Å²) in [6.45, 7) is 0. The van der Waals surface area contributed by atoms with Crippen molar-refractivity contribution in [1.29, 1.82) is 0 Å². The zero-order valence-electron chi connectivity index (χ0n) is 21.2. The van der Waals surface area contributed by atoms with Crippen molar-refractivity contribution in [2.75, 3.05) is 5.32 Å². The molecule has 212 valence electrons. The van der Waals surface area contributed by atoms with E-state index < -0.39 is 35.0 Å². The molecule has 1 N–H and O–H groups in total. The Balaban J connectivity index is 1.24. The first-order valence-corrected chi connectivity index (χ1v) is 12.8. The van der Waals surface area contributed by atoms with Crippen molar-refractivity contribution in [3.63, 3.8) is 0 Å². The van der Waals surface area contributed by atoms with Gasteiger partial charge in [0.2, 0.25) is 5.88 Å². The van der Waals surface area contributed by atoms with Crippen LogP contribution >= 0.6 is 11.3 Å². The molecule has 0 fully saturated rings. The lowest BCUT2D eigenvalue weighted by Crippen LogP contribution is -2.20. The molecule has 6 aromatic rings. The summed E-state index contributed by atoms with van der Waals surface area (Å²) in [5.41, 5.74) is -1.13. The molecule has 42 heavy (non-hydrogen) atoms. The molecule has 0 spiro atoms. The summed E-state index contributed by atoms with van der Waals surface area (Å²) >= 11 is 1.31. The predicted octanol–water partition coefficient (Wildman–Crippen LogP) is 6.62. The predicted molar refractivity (Wildman–Crippen MR) is 143 cm³/mol. The molecule has 4 aromatic heterocycles. The fraction of sp³-hybridized carbons (Fsp3) is 0.0741. The van der Waals surface area contributed by atoms with Crippen molar-refractivity contribution in [3.8, 4) is 27.9 Å². The Morgan fingerprint density at radius 1 is 1.02 bits per heavy atom. The van der Waals surface area contributed by atoms with Crippen molar-refractivity contribution in [2.45, 2.75) is 6.18 Å². The topological polar surface area (TPSA) is 99.8 Å². The minimum atomic E-state index is -4.98. The maximum Gasteiger partial charge on any atom is 0.434 e. The van der Waals surface area contributed by atoms with Gasteiger partial charge in [-0.15, -0.1) is 11.3 Å². The number of fused-ring (bicyclic) bond motifs is 1. The van der Waals surface area contributed by atoms with Crippen LogP contribution in [0.15, 0.2) is 73.6 Å². The second kappa shape index (κ2) is 10.3. The number of anilines is 1. The molecule has 0 aliphatic heterocycles. The first kappa shape index (κ1) is 27.0. The van der Waals surface area contributed by atoms with E-state index in [0.29, 0.717) is 14.9 Å². The van der Waals surface area contributed by atoms with Gasteiger partial charge in [0, 0.05) is 25.0 Å². The summed E-state index contributed by atoms with van der Waals surface area (Å²) in [6.07, 6.45) is 0.498. The van der Waals surface area contributed by atoms with Gasteiger partial charge < -0.3 is 14.6 Å². The number of ether oxygens (including phenoxy) is 1. The van der Waals surface area contributed by atoms with Crippen LogP contribution in [0.25, 0.3) is 26.5 Å². The standard InChI is InChI=1S/C27H16F5N7O2S/c1-38-11-20(35-13-38)22-9-19-23(42-22)26(34-12-33-19)41-21-7-4-15(8-18(21)29)37-25(40)17-10-36-39(24(17)27(30,31)32)16-5-2-14(28)3-6-16/h2-13H,1H3,(H,37,40). The molecule has 0 saturated heterocycles. The minimum Gasteiger partial charge on any atom is -0.434 e. The number of halogens is 5. The number of alkyl halides is 3. The summed E-state index contributed by atoms with van der Waals surface area (Å²) in [4.78, 5) is 26.3. The van der Waals surface area contributed by atoms with Crippen molar-refractivity contribution >= 4 is 33.1 Å². The number of amides is 1. The van der Waals surface area contributed by atoms with Gasteiger partial charge in [-0.3, -0.25) is 4.79 Å². The number of carbonyl (C=O) groups is 1. The average Bonchev–Trinajstić information content (AvgIpc) is 3.68. The van der Waals surface area contributed by atoms with Crippen LogP contribution in [0.3, 0.4) is 0 Å². The van der Waals surface area contributed by atoms with E-state index >= 15 is 4.39 Å². The van der Waals surface area contributed by atoms with Crippen molar-refractivity contribution in [3.05, 3.63) is 96.5 Å². The minimum absolute atomic E-state index is 0.0888. The number of aryl methyl sites for hydroxylation is 1. The van der Waals surface area contributed by atoms with Crippen molar-refractivity contribution in [2.24, 2.45) is 7.05 Å². The molecule has 0 radical (unpaired) electrons. The third-order valence-electron chi connectivity index (χ3n) is 5.99. The number of aromatic nitrogens is 6. The van der Waals surface area contributed by atoms with Gasteiger partial charge in [-0.05, 0) is 42.5 Å². The quantitative estimate of drug-likeness (QED) is 0.217. The molecule has 4 heterocycles. The fourth-order valence-electron chi connectivity index (χ4n) is 4.10. The monoisotopic (exact) mass is 597 g/mol. The normalized spacial score (nSPS) is 11.7. The van der Waals surface area contributed by atoms with Gasteiger partial charge in [0.15, 0.2) is 17.3 Å². The zero-order chi connectivity index (χ0) is 29.6. The van der Waals surface area contributed by atoms with E-state index in [-0.39, 0.29) is 23.0 Å². The van der Waals surface area contributed by atoms with Crippen LogP contribution in [0.4, 0.5) is 27.6 Å². The third-order valence-corrected chi connectivity index (χ3v) is 7.12. The van der Waals surface area contributed by atoms with Crippen LogP contribution in [0.1, 0.15) is 16.1 Å². The fourth-order valence-corrected chi connectivity index (χ4v) is 5.10. The summed E-state index contributed by atoms with van der Waals surface area (Å²) in [5.74, 6) is -2.88. The van der Waals surface area contributed by atoms with E-state index in [2.05, 4.69) is 25.4 Å². The second-order valence-corrected chi connectivity index (χ2v) is 9.97. The highest BCUT2D eigenvalue weighted by molar-refractivity contribution is 7.22. The van der Waals surface area contributed by atoms with Gasteiger partial charge in [0.25, 0.3) is 5.91 Å². The van der Waals surface area contributed by atoms with E-state index in [4.69, 9.17) is 4.74 Å². The number of nitrogens with one attached hydrogen (secondary N) is 1. The van der Waals surface area contributed by atoms with E-state index in [9.17, 15) is 22.4 Å². The number of hydrogen-bond donors (Lipinski definition) is 1. The lowest BCUT2D eigenvalue weighted by Gasteiger charge is -2.13. The summed E-state index contributed by atoms with van der Waals surface area (Å²) < 4.78 is 78.6. The number of thiophene rings is 1. The smallest absolute Gasteiger partial charge is 0.434 e. The lowest BCUT2D eigenvalue weighted by molar-refractivity contribution is -0.143. The largest absolute Gasteiger partial charge is 0.434 e. The van der Waals surface area contributed by atoms with Crippen LogP contribution in [0, 0.1) is 11.6 Å². The Morgan fingerprint density at radius 3 is 2.50 bits per heavy atom. The Morgan fingerprint density at radius 2 is 1.81 bits per heavy atom. The Hall–Kier alpha value is -5.18. The Bertz CT molecular complexity index is 1950. The summed E-state index contributed by atoms with van der Waals surface area (Å²) in [5, 5.41) is 5.92. The van der Waals surface area contributed by atoms with Crippen LogP contribution in [-0.4, -0.2) is 35.2 Å². The summed E-state index contributed by atoms with van der Waals surface area (Å²) in [6, 6.07) is 9.29. The molecular weight excluding hydrogens is 581 g/mol. The van der Waals surface area contributed by atoms with Gasteiger partial charge in [-0.1, -0.05) is 0 Å². The lowest BCUT2D eigenvalue weighted by atomic mass is 10.2. The maximum atomic E-state index is 15.0.